The zero-order valence-electron chi connectivity index (χ0n) is 12.7. The molecule has 1 N–H and O–H groups in total. The van der Waals surface area contributed by atoms with Gasteiger partial charge in [0, 0.05) is 37.9 Å². The number of benzene rings is 1. The predicted molar refractivity (Wildman–Crippen MR) is 84.2 cm³/mol. The second kappa shape index (κ2) is 6.06. The van der Waals surface area contributed by atoms with E-state index in [-0.39, 0.29) is 0 Å². The third kappa shape index (κ3) is 3.05. The van der Waals surface area contributed by atoms with Crippen LogP contribution in [0.1, 0.15) is 41.6 Å². The highest BCUT2D eigenvalue weighted by Gasteiger charge is 2.26. The van der Waals surface area contributed by atoms with Gasteiger partial charge in [-0.25, -0.2) is 4.79 Å². The maximum atomic E-state index is 11.0. The Morgan fingerprint density at radius 2 is 1.81 bits per heavy atom. The first-order valence-electron chi connectivity index (χ1n) is 7.98. The number of piperazine rings is 1. The first kappa shape index (κ1) is 14.4. The number of carbonyl (C=O) groups is 1. The van der Waals surface area contributed by atoms with Crippen molar-refractivity contribution < 1.29 is 9.90 Å². The molecular weight excluding hydrogens is 264 g/mol. The van der Waals surface area contributed by atoms with E-state index in [9.17, 15) is 4.79 Å². The summed E-state index contributed by atoms with van der Waals surface area (Å²) in [5, 5.41) is 9.05. The van der Waals surface area contributed by atoms with Crippen LogP contribution < -0.4 is 4.90 Å². The highest BCUT2D eigenvalue weighted by atomic mass is 16.4. The first-order chi connectivity index (χ1) is 10.1. The third-order valence-corrected chi connectivity index (χ3v) is 4.94. The molecule has 1 saturated heterocycles. The lowest BCUT2D eigenvalue weighted by atomic mass is 10.1. The van der Waals surface area contributed by atoms with Crippen LogP contribution in [0.4, 0.5) is 5.69 Å². The van der Waals surface area contributed by atoms with Crippen molar-refractivity contribution in [3.8, 4) is 0 Å². The molecule has 21 heavy (non-hydrogen) atoms. The molecule has 1 aromatic carbocycles. The third-order valence-electron chi connectivity index (χ3n) is 4.94. The standard InChI is InChI=1S/C17H24N2O2/c1-13-12-14(17(20)21)6-7-16(13)19-10-8-18(9-11-19)15-4-2-3-5-15/h6-7,12,15H,2-5,8-11H2,1H3,(H,20,21). The van der Waals surface area contributed by atoms with Gasteiger partial charge in [-0.2, -0.15) is 0 Å². The Morgan fingerprint density at radius 1 is 1.14 bits per heavy atom. The summed E-state index contributed by atoms with van der Waals surface area (Å²) in [5.41, 5.74) is 2.62. The summed E-state index contributed by atoms with van der Waals surface area (Å²) in [5.74, 6) is -0.851. The fourth-order valence-electron chi connectivity index (χ4n) is 3.74. The molecule has 0 bridgehead atoms. The normalized spacial score (nSPS) is 20.9. The molecule has 1 saturated carbocycles. The monoisotopic (exact) mass is 288 g/mol. The number of rotatable bonds is 3. The van der Waals surface area contributed by atoms with Crippen molar-refractivity contribution >= 4 is 11.7 Å². The van der Waals surface area contributed by atoms with Crippen LogP contribution in [0.2, 0.25) is 0 Å². The molecule has 1 aliphatic heterocycles. The lowest BCUT2D eigenvalue weighted by Gasteiger charge is -2.39. The van der Waals surface area contributed by atoms with Gasteiger partial charge < -0.3 is 10.0 Å². The Bertz CT molecular complexity index is 516. The van der Waals surface area contributed by atoms with Gasteiger partial charge in [0.2, 0.25) is 0 Å². The maximum Gasteiger partial charge on any atom is 0.335 e. The second-order valence-corrected chi connectivity index (χ2v) is 6.27. The molecule has 2 fully saturated rings. The van der Waals surface area contributed by atoms with Crippen molar-refractivity contribution in [1.82, 2.24) is 4.90 Å². The summed E-state index contributed by atoms with van der Waals surface area (Å²) >= 11 is 0. The lowest BCUT2D eigenvalue weighted by Crippen LogP contribution is -2.49. The Hall–Kier alpha value is -1.55. The molecule has 3 rings (SSSR count). The number of carboxylic acids is 1. The summed E-state index contributed by atoms with van der Waals surface area (Å²) in [6, 6.07) is 6.27. The molecule has 4 heteroatoms. The van der Waals surface area contributed by atoms with Gasteiger partial charge in [-0.1, -0.05) is 12.8 Å². The van der Waals surface area contributed by atoms with Gasteiger partial charge >= 0.3 is 5.97 Å². The van der Waals surface area contributed by atoms with E-state index in [1.165, 1.54) is 31.4 Å². The highest BCUT2D eigenvalue weighted by Crippen LogP contribution is 2.27. The molecule has 0 aromatic heterocycles. The quantitative estimate of drug-likeness (QED) is 0.929. The smallest absolute Gasteiger partial charge is 0.335 e. The molecular formula is C17H24N2O2. The molecule has 1 aliphatic carbocycles. The Balaban J connectivity index is 1.65. The zero-order valence-corrected chi connectivity index (χ0v) is 12.7. The summed E-state index contributed by atoms with van der Waals surface area (Å²) in [6.07, 6.45) is 5.51. The van der Waals surface area contributed by atoms with Crippen LogP contribution in [-0.2, 0) is 0 Å². The number of nitrogens with zero attached hydrogens (tertiary/aromatic N) is 2. The predicted octanol–water partition coefficient (Wildman–Crippen LogP) is 2.76. The van der Waals surface area contributed by atoms with E-state index in [1.807, 2.05) is 13.0 Å². The van der Waals surface area contributed by atoms with Crippen molar-refractivity contribution in [3.05, 3.63) is 29.3 Å². The van der Waals surface area contributed by atoms with Crippen LogP contribution >= 0.6 is 0 Å². The van der Waals surface area contributed by atoms with Gasteiger partial charge in [-0.15, -0.1) is 0 Å². The minimum absolute atomic E-state index is 0.376. The van der Waals surface area contributed by atoms with E-state index >= 15 is 0 Å². The van der Waals surface area contributed by atoms with E-state index in [4.69, 9.17) is 5.11 Å². The zero-order chi connectivity index (χ0) is 14.8. The number of hydrogen-bond acceptors (Lipinski definition) is 3. The average molecular weight is 288 g/mol. The number of hydrogen-bond donors (Lipinski definition) is 1. The Kier molecular flexibility index (Phi) is 4.15. The van der Waals surface area contributed by atoms with Crippen LogP contribution in [-0.4, -0.2) is 48.2 Å². The second-order valence-electron chi connectivity index (χ2n) is 6.27. The van der Waals surface area contributed by atoms with Crippen molar-refractivity contribution in [3.63, 3.8) is 0 Å². The average Bonchev–Trinajstić information content (AvgIpc) is 3.01. The minimum atomic E-state index is -0.851. The highest BCUT2D eigenvalue weighted by molar-refractivity contribution is 5.88. The molecule has 1 aromatic rings. The molecule has 1 heterocycles. The molecule has 4 nitrogen and oxygen atoms in total. The van der Waals surface area contributed by atoms with E-state index in [1.54, 1.807) is 12.1 Å². The number of anilines is 1. The fourth-order valence-corrected chi connectivity index (χ4v) is 3.74. The van der Waals surface area contributed by atoms with Crippen molar-refractivity contribution in [2.75, 3.05) is 31.1 Å². The molecule has 0 atom stereocenters. The van der Waals surface area contributed by atoms with Crippen LogP contribution in [0.3, 0.4) is 0 Å². The van der Waals surface area contributed by atoms with Gasteiger partial charge in [0.25, 0.3) is 0 Å². The van der Waals surface area contributed by atoms with E-state index in [0.717, 1.165) is 37.8 Å². The molecule has 0 amide bonds. The molecule has 0 unspecified atom stereocenters. The van der Waals surface area contributed by atoms with Gasteiger partial charge in [-0.05, 0) is 43.5 Å². The Morgan fingerprint density at radius 3 is 2.38 bits per heavy atom. The number of carboxylic acid groups (broad SMARTS) is 1. The largest absolute Gasteiger partial charge is 0.478 e. The topological polar surface area (TPSA) is 43.8 Å². The molecule has 2 aliphatic rings. The van der Waals surface area contributed by atoms with Crippen LogP contribution in [0.15, 0.2) is 18.2 Å². The lowest BCUT2D eigenvalue weighted by molar-refractivity contribution is 0.0697. The maximum absolute atomic E-state index is 11.0. The molecule has 0 radical (unpaired) electrons. The summed E-state index contributed by atoms with van der Waals surface area (Å²) in [7, 11) is 0. The summed E-state index contributed by atoms with van der Waals surface area (Å²) in [6.45, 7) is 6.36. The fraction of sp³-hybridized carbons (Fsp3) is 0.588. The van der Waals surface area contributed by atoms with Gasteiger partial charge in [0.1, 0.15) is 0 Å². The molecule has 0 spiro atoms. The molecule has 114 valence electrons. The number of aromatic carboxylic acids is 1. The van der Waals surface area contributed by atoms with Crippen molar-refractivity contribution in [2.24, 2.45) is 0 Å². The van der Waals surface area contributed by atoms with E-state index in [2.05, 4.69) is 9.80 Å². The Labute approximate surface area is 126 Å². The van der Waals surface area contributed by atoms with E-state index in [0.29, 0.717) is 5.56 Å². The van der Waals surface area contributed by atoms with E-state index < -0.39 is 5.97 Å². The van der Waals surface area contributed by atoms with Gasteiger partial charge in [-0.3, -0.25) is 4.90 Å². The van der Waals surface area contributed by atoms with Crippen molar-refractivity contribution in [2.45, 2.75) is 38.6 Å². The minimum Gasteiger partial charge on any atom is -0.478 e. The number of aryl methyl sites for hydroxylation is 1. The SMILES string of the molecule is Cc1cc(C(=O)O)ccc1N1CCN(C2CCCC2)CC1. The van der Waals surface area contributed by atoms with Crippen LogP contribution in [0.5, 0.6) is 0 Å². The van der Waals surface area contributed by atoms with Crippen molar-refractivity contribution in [1.29, 1.82) is 0 Å². The van der Waals surface area contributed by atoms with Gasteiger partial charge in [0.15, 0.2) is 0 Å². The van der Waals surface area contributed by atoms with Gasteiger partial charge in [0.05, 0.1) is 5.56 Å². The summed E-state index contributed by atoms with van der Waals surface area (Å²) in [4.78, 5) is 16.0. The van der Waals surface area contributed by atoms with Crippen LogP contribution in [0, 0.1) is 6.92 Å². The first-order valence-corrected chi connectivity index (χ1v) is 7.98. The van der Waals surface area contributed by atoms with Crippen LogP contribution in [0.25, 0.3) is 0 Å². The summed E-state index contributed by atoms with van der Waals surface area (Å²) < 4.78 is 0.